The van der Waals surface area contributed by atoms with Crippen LogP contribution in [0.3, 0.4) is 0 Å². The summed E-state index contributed by atoms with van der Waals surface area (Å²) < 4.78 is 5.82. The molecule has 0 aliphatic carbocycles. The van der Waals surface area contributed by atoms with E-state index in [0.717, 1.165) is 5.56 Å². The molecule has 20 heavy (non-hydrogen) atoms. The van der Waals surface area contributed by atoms with Crippen LogP contribution < -0.4 is 0 Å². The molecule has 1 aromatic carbocycles. The molecule has 0 bridgehead atoms. The molecule has 1 aromatic rings. The molecule has 4 heteroatoms. The number of alkyl halides is 1. The second kappa shape index (κ2) is 5.98. The highest BCUT2D eigenvalue weighted by molar-refractivity contribution is 6.22. The van der Waals surface area contributed by atoms with E-state index in [9.17, 15) is 4.79 Å². The minimum atomic E-state index is -0.491. The van der Waals surface area contributed by atoms with Gasteiger partial charge in [-0.25, -0.2) is 0 Å². The summed E-state index contributed by atoms with van der Waals surface area (Å²) in [7, 11) is 0. The second-order valence-corrected chi connectivity index (χ2v) is 5.91. The van der Waals surface area contributed by atoms with Crippen molar-refractivity contribution in [1.29, 1.82) is 0 Å². The first-order valence-electron chi connectivity index (χ1n) is 6.73. The van der Waals surface area contributed by atoms with Crippen molar-refractivity contribution in [3.63, 3.8) is 0 Å². The van der Waals surface area contributed by atoms with E-state index >= 15 is 0 Å². The Morgan fingerprint density at radius 1 is 1.50 bits per heavy atom. The standard InChI is InChI=1S/C16H20ClNO2/c1-4-10-18-15(19)14(16(18,3)12(2)17)20-11-13-8-6-5-7-9-13/h4-9,12,14H,1,10-11H2,2-3H3/t12-,14+,16+/m1/s1. The molecule has 0 aromatic heterocycles. The fraction of sp³-hybridized carbons (Fsp3) is 0.438. The molecule has 0 saturated carbocycles. The third kappa shape index (κ3) is 2.48. The Morgan fingerprint density at radius 3 is 2.70 bits per heavy atom. The van der Waals surface area contributed by atoms with Crippen molar-refractivity contribution in [1.82, 2.24) is 4.90 Å². The van der Waals surface area contributed by atoms with Crippen LogP contribution in [0, 0.1) is 0 Å². The van der Waals surface area contributed by atoms with E-state index in [-0.39, 0.29) is 11.3 Å². The van der Waals surface area contributed by atoms with Gasteiger partial charge in [0.25, 0.3) is 5.91 Å². The number of β-lactam (4-membered cyclic amide) rings is 1. The molecule has 3 atom stereocenters. The van der Waals surface area contributed by atoms with E-state index in [1.807, 2.05) is 44.2 Å². The van der Waals surface area contributed by atoms with Crippen molar-refractivity contribution in [3.05, 3.63) is 48.6 Å². The van der Waals surface area contributed by atoms with Crippen LogP contribution in [-0.2, 0) is 16.1 Å². The molecule has 1 amide bonds. The lowest BCUT2D eigenvalue weighted by atomic mass is 9.79. The lowest BCUT2D eigenvalue weighted by molar-refractivity contribution is -0.192. The first kappa shape index (κ1) is 15.1. The number of hydrogen-bond acceptors (Lipinski definition) is 2. The van der Waals surface area contributed by atoms with Gasteiger partial charge < -0.3 is 9.64 Å². The van der Waals surface area contributed by atoms with E-state index in [4.69, 9.17) is 16.3 Å². The largest absolute Gasteiger partial charge is 0.361 e. The third-order valence-corrected chi connectivity index (χ3v) is 4.42. The number of likely N-dealkylation sites (tertiary alicyclic amines) is 1. The topological polar surface area (TPSA) is 29.5 Å². The highest BCUT2D eigenvalue weighted by atomic mass is 35.5. The van der Waals surface area contributed by atoms with Crippen LogP contribution in [-0.4, -0.2) is 34.4 Å². The van der Waals surface area contributed by atoms with Gasteiger partial charge in [0.15, 0.2) is 6.10 Å². The summed E-state index contributed by atoms with van der Waals surface area (Å²) in [5.74, 6) is -0.0177. The molecule has 2 rings (SSSR count). The predicted molar refractivity (Wildman–Crippen MR) is 80.6 cm³/mol. The monoisotopic (exact) mass is 293 g/mol. The zero-order valence-electron chi connectivity index (χ0n) is 11.9. The van der Waals surface area contributed by atoms with Crippen molar-refractivity contribution in [2.45, 2.75) is 37.5 Å². The summed E-state index contributed by atoms with van der Waals surface area (Å²) in [6, 6.07) is 9.82. The van der Waals surface area contributed by atoms with E-state index in [1.54, 1.807) is 11.0 Å². The maximum absolute atomic E-state index is 12.2. The molecule has 1 heterocycles. The van der Waals surface area contributed by atoms with Gasteiger partial charge in [0, 0.05) is 6.54 Å². The molecule has 1 fully saturated rings. The molecule has 0 spiro atoms. The SMILES string of the molecule is C=CCN1C(=O)[C@H](OCc2ccccc2)[C@]1(C)[C@@H](C)Cl. The lowest BCUT2D eigenvalue weighted by Gasteiger charge is -2.56. The number of benzene rings is 1. The number of hydrogen-bond donors (Lipinski definition) is 0. The lowest BCUT2D eigenvalue weighted by Crippen LogP contribution is -2.76. The number of halogens is 1. The minimum Gasteiger partial charge on any atom is -0.361 e. The summed E-state index contributed by atoms with van der Waals surface area (Å²) in [6.45, 7) is 8.45. The van der Waals surface area contributed by atoms with Crippen LogP contribution in [0.1, 0.15) is 19.4 Å². The normalized spacial score (nSPS) is 27.1. The molecule has 1 saturated heterocycles. The molecule has 3 nitrogen and oxygen atoms in total. The van der Waals surface area contributed by atoms with Crippen LogP contribution in [0.15, 0.2) is 43.0 Å². The summed E-state index contributed by atoms with van der Waals surface area (Å²) >= 11 is 6.28. The summed E-state index contributed by atoms with van der Waals surface area (Å²) in [4.78, 5) is 13.9. The highest BCUT2D eigenvalue weighted by Crippen LogP contribution is 2.39. The predicted octanol–water partition coefficient (Wildman–Crippen LogP) is 2.99. The smallest absolute Gasteiger partial charge is 0.255 e. The van der Waals surface area contributed by atoms with E-state index in [1.165, 1.54) is 0 Å². The van der Waals surface area contributed by atoms with Crippen LogP contribution >= 0.6 is 11.6 Å². The van der Waals surface area contributed by atoms with Gasteiger partial charge in [0.2, 0.25) is 0 Å². The van der Waals surface area contributed by atoms with Gasteiger partial charge in [-0.1, -0.05) is 36.4 Å². The Bertz CT molecular complexity index is 489. The maximum atomic E-state index is 12.2. The molecule has 0 N–H and O–H groups in total. The summed E-state index contributed by atoms with van der Waals surface area (Å²) in [5.41, 5.74) is 0.564. The third-order valence-electron chi connectivity index (χ3n) is 3.98. The van der Waals surface area contributed by atoms with Gasteiger partial charge in [-0.15, -0.1) is 18.2 Å². The quantitative estimate of drug-likeness (QED) is 0.458. The maximum Gasteiger partial charge on any atom is 0.255 e. The average molecular weight is 294 g/mol. The molecular weight excluding hydrogens is 274 g/mol. The van der Waals surface area contributed by atoms with Crippen LogP contribution in [0.4, 0.5) is 0 Å². The van der Waals surface area contributed by atoms with Crippen LogP contribution in [0.5, 0.6) is 0 Å². The van der Waals surface area contributed by atoms with Crippen LogP contribution in [0.2, 0.25) is 0 Å². The van der Waals surface area contributed by atoms with Gasteiger partial charge in [-0.05, 0) is 19.4 Å². The van der Waals surface area contributed by atoms with Gasteiger partial charge in [0.05, 0.1) is 17.5 Å². The zero-order valence-corrected chi connectivity index (χ0v) is 12.6. The fourth-order valence-corrected chi connectivity index (χ4v) is 2.77. The Hall–Kier alpha value is -1.32. The second-order valence-electron chi connectivity index (χ2n) is 5.26. The van der Waals surface area contributed by atoms with Crippen molar-refractivity contribution >= 4 is 17.5 Å². The Balaban J connectivity index is 2.07. The van der Waals surface area contributed by atoms with Gasteiger partial charge in [-0.2, -0.15) is 0 Å². The number of rotatable bonds is 6. The van der Waals surface area contributed by atoms with Crippen molar-refractivity contribution in [3.8, 4) is 0 Å². The number of carbonyl (C=O) groups is 1. The minimum absolute atomic E-state index is 0.0177. The Morgan fingerprint density at radius 2 is 2.15 bits per heavy atom. The summed E-state index contributed by atoms with van der Waals surface area (Å²) in [5, 5.41) is -0.194. The first-order chi connectivity index (χ1) is 9.51. The number of ether oxygens (including phenoxy) is 1. The van der Waals surface area contributed by atoms with Crippen LogP contribution in [0.25, 0.3) is 0 Å². The molecule has 1 aliphatic rings. The zero-order chi connectivity index (χ0) is 14.8. The molecular formula is C16H20ClNO2. The Kier molecular flexibility index (Phi) is 4.51. The van der Waals surface area contributed by atoms with Gasteiger partial charge >= 0.3 is 0 Å². The molecule has 0 unspecified atom stereocenters. The van der Waals surface area contributed by atoms with E-state index < -0.39 is 11.6 Å². The first-order valence-corrected chi connectivity index (χ1v) is 7.17. The van der Waals surface area contributed by atoms with Crippen molar-refractivity contribution < 1.29 is 9.53 Å². The molecule has 0 radical (unpaired) electrons. The van der Waals surface area contributed by atoms with E-state index in [2.05, 4.69) is 6.58 Å². The van der Waals surface area contributed by atoms with Gasteiger partial charge in [0.1, 0.15) is 0 Å². The number of amides is 1. The highest BCUT2D eigenvalue weighted by Gasteiger charge is 2.59. The molecule has 108 valence electrons. The van der Waals surface area contributed by atoms with Crippen molar-refractivity contribution in [2.24, 2.45) is 0 Å². The van der Waals surface area contributed by atoms with Gasteiger partial charge in [-0.3, -0.25) is 4.79 Å². The molecule has 1 aliphatic heterocycles. The summed E-state index contributed by atoms with van der Waals surface area (Å²) in [6.07, 6.45) is 1.22. The number of nitrogens with zero attached hydrogens (tertiary/aromatic N) is 1. The fourth-order valence-electron chi connectivity index (χ4n) is 2.54. The number of carbonyl (C=O) groups excluding carboxylic acids is 1. The average Bonchev–Trinajstić information content (AvgIpc) is 2.45. The van der Waals surface area contributed by atoms with E-state index in [0.29, 0.717) is 13.2 Å². The Labute approximate surface area is 125 Å². The van der Waals surface area contributed by atoms with Crippen molar-refractivity contribution in [2.75, 3.05) is 6.54 Å².